The highest BCUT2D eigenvalue weighted by molar-refractivity contribution is 9.10. The zero-order valence-electron chi connectivity index (χ0n) is 65.2. The van der Waals surface area contributed by atoms with Crippen LogP contribution in [0.4, 0.5) is 64.0 Å². The first-order chi connectivity index (χ1) is 56.4. The van der Waals surface area contributed by atoms with Gasteiger partial charge in [-0.3, -0.25) is 38.8 Å². The molecule has 11 heterocycles. The molecular weight excluding hydrogens is 1720 g/mol. The molecule has 4 amide bonds. The van der Waals surface area contributed by atoms with Gasteiger partial charge >= 0.3 is 0 Å². The summed E-state index contributed by atoms with van der Waals surface area (Å²) in [5.74, 6) is 1.49. The molecule has 8 aliphatic rings. The monoisotopic (exact) mass is 1820 g/mol. The molecule has 4 fully saturated rings. The fourth-order valence-corrected chi connectivity index (χ4v) is 18.4. The van der Waals surface area contributed by atoms with E-state index in [0.29, 0.717) is 161 Å². The van der Waals surface area contributed by atoms with E-state index in [4.69, 9.17) is 15.7 Å². The number of halogens is 10. The van der Waals surface area contributed by atoms with Crippen molar-refractivity contribution in [3.05, 3.63) is 208 Å². The molecular formula is C87H102Br2F8N20O5. The number of aryl methyl sites for hydroxylation is 4. The van der Waals surface area contributed by atoms with Gasteiger partial charge in [0.2, 0.25) is 0 Å². The van der Waals surface area contributed by atoms with Gasteiger partial charge in [0, 0.05) is 101 Å². The van der Waals surface area contributed by atoms with E-state index in [-0.39, 0.29) is 90.9 Å². The summed E-state index contributed by atoms with van der Waals surface area (Å²) in [7, 11) is 1.62. The molecule has 0 bridgehead atoms. The van der Waals surface area contributed by atoms with Crippen molar-refractivity contribution >= 4 is 84.3 Å². The number of hydrogen-bond donors (Lipinski definition) is 6. The Bertz CT molecular complexity index is 5030. The average molecular weight is 1820 g/mol. The second-order valence-electron chi connectivity index (χ2n) is 30.3. The van der Waals surface area contributed by atoms with Crippen LogP contribution in [-0.2, 0) is 28.7 Å². The number of nitriles is 3. The molecule has 0 atom stereocenters. The third kappa shape index (κ3) is 21.2. The molecule has 3 aromatic heterocycles. The van der Waals surface area contributed by atoms with Gasteiger partial charge < -0.3 is 42.0 Å². The van der Waals surface area contributed by atoms with E-state index in [9.17, 15) is 64.8 Å². The molecule has 5 aromatic carbocycles. The largest absolute Gasteiger partial charge is 0.497 e. The van der Waals surface area contributed by atoms with E-state index in [2.05, 4.69) is 88.3 Å². The molecule has 0 radical (unpaired) electrons. The van der Waals surface area contributed by atoms with Crippen LogP contribution in [0, 0.1) is 61.7 Å². The number of anilines is 5. The molecule has 4 spiro atoms. The van der Waals surface area contributed by atoms with Crippen LogP contribution in [-0.4, -0.2) is 189 Å². The first-order valence-corrected chi connectivity index (χ1v) is 39.8. The van der Waals surface area contributed by atoms with Gasteiger partial charge in [-0.05, 0) is 190 Å². The second-order valence-corrected chi connectivity index (χ2v) is 32.2. The first-order valence-electron chi connectivity index (χ1n) is 38.2. The molecule has 0 unspecified atom stereocenters. The Morgan fingerprint density at radius 2 is 0.795 bits per heavy atom. The lowest BCUT2D eigenvalue weighted by Crippen LogP contribution is -2.51. The minimum atomic E-state index is -2.37. The van der Waals surface area contributed by atoms with Gasteiger partial charge in [0.25, 0.3) is 49.3 Å². The minimum Gasteiger partial charge on any atom is -0.497 e. The van der Waals surface area contributed by atoms with Crippen LogP contribution in [0.3, 0.4) is 0 Å². The van der Waals surface area contributed by atoms with Gasteiger partial charge in [0.15, 0.2) is 11.6 Å². The number of ether oxygens (including phenoxy) is 1. The van der Waals surface area contributed by atoms with Gasteiger partial charge in [-0.2, -0.15) is 15.8 Å². The Morgan fingerprint density at radius 3 is 1.14 bits per heavy atom. The van der Waals surface area contributed by atoms with Crippen LogP contribution < -0.4 is 37.1 Å². The second kappa shape index (κ2) is 41.3. The number of hydrogen-bond acceptors (Lipinski definition) is 21. The van der Waals surface area contributed by atoms with E-state index in [1.807, 2.05) is 124 Å². The molecule has 35 heteroatoms. The smallest absolute Gasteiger partial charge is 0.255 e. The Kier molecular flexibility index (Phi) is 32.7. The number of fused-ring (bicyclic) bond motifs is 8. The van der Waals surface area contributed by atoms with Crippen LogP contribution in [0.15, 0.2) is 119 Å². The molecule has 25 nitrogen and oxygen atoms in total. The number of carbonyl (C=O) groups is 4. The lowest BCUT2D eigenvalue weighted by Gasteiger charge is -2.45. The van der Waals surface area contributed by atoms with Crippen molar-refractivity contribution in [2.45, 2.75) is 163 Å². The summed E-state index contributed by atoms with van der Waals surface area (Å²) in [6, 6.07) is 29.1. The van der Waals surface area contributed by atoms with E-state index in [1.165, 1.54) is 37.6 Å². The highest BCUT2D eigenvalue weighted by atomic mass is 79.9. The fourth-order valence-electron chi connectivity index (χ4n) is 17.2. The topological polar surface area (TPSA) is 329 Å². The zero-order valence-corrected chi connectivity index (χ0v) is 68.4. The number of nitrogens with zero attached hydrogens (tertiary/aromatic N) is 14. The number of piperidine rings is 4. The molecule has 650 valence electrons. The Labute approximate surface area is 722 Å². The third-order valence-electron chi connectivity index (χ3n) is 23.0. The predicted octanol–water partition coefficient (Wildman–Crippen LogP) is 15.9. The van der Waals surface area contributed by atoms with Crippen LogP contribution in [0.25, 0.3) is 0 Å². The molecule has 8 aliphatic heterocycles. The number of amides is 4. The Hall–Kier alpha value is -10.9. The maximum atomic E-state index is 13.5. The van der Waals surface area contributed by atoms with Gasteiger partial charge in [-0.1, -0.05) is 73.7 Å². The van der Waals surface area contributed by atoms with Crippen LogP contribution in [0.5, 0.6) is 5.75 Å². The maximum Gasteiger partial charge on any atom is 0.255 e. The van der Waals surface area contributed by atoms with Crippen molar-refractivity contribution in [3.8, 4) is 24.0 Å². The number of nitrogens with two attached hydrogens (primary N) is 1. The van der Waals surface area contributed by atoms with Gasteiger partial charge in [0.1, 0.15) is 65.4 Å². The average Bonchev–Trinajstić information content (AvgIpc) is 1.56. The number of alkyl halides is 8. The number of carbonyl (C=O) groups excluding carboxylic acids is 4. The van der Waals surface area contributed by atoms with Crippen molar-refractivity contribution in [2.75, 3.05) is 102 Å². The Morgan fingerprint density at radius 1 is 0.467 bits per heavy atom. The van der Waals surface area contributed by atoms with Crippen molar-refractivity contribution in [2.24, 2.45) is 0 Å². The molecule has 16 rings (SSSR count). The molecule has 8 aromatic rings. The third-order valence-corrected chi connectivity index (χ3v) is 23.9. The molecule has 7 N–H and O–H groups in total. The van der Waals surface area contributed by atoms with Crippen LogP contribution >= 0.6 is 31.9 Å². The number of rotatable bonds is 15. The highest BCUT2D eigenvalue weighted by Gasteiger charge is 2.53. The van der Waals surface area contributed by atoms with Gasteiger partial charge in [-0.25, -0.2) is 65.0 Å². The minimum absolute atomic E-state index is 0. The molecule has 122 heavy (non-hydrogen) atoms. The van der Waals surface area contributed by atoms with Gasteiger partial charge in [0.05, 0.1) is 74.0 Å². The first kappa shape index (κ1) is 96.6. The summed E-state index contributed by atoms with van der Waals surface area (Å²) in [6.07, 6.45) is 3.78. The normalized spacial score (nSPS) is 17.2. The number of nitrogen functional groups attached to an aromatic ring is 1. The van der Waals surface area contributed by atoms with Crippen LogP contribution in [0.1, 0.15) is 189 Å². The molecule has 0 aliphatic carbocycles. The fraction of sp³-hybridized carbons (Fsp3) is 0.437. The number of methoxy groups -OCH3 is 1. The lowest BCUT2D eigenvalue weighted by molar-refractivity contribution is 0.00783. The summed E-state index contributed by atoms with van der Waals surface area (Å²) in [5.41, 5.74) is 16.7. The maximum absolute atomic E-state index is 13.5. The van der Waals surface area contributed by atoms with E-state index < -0.39 is 42.3 Å². The summed E-state index contributed by atoms with van der Waals surface area (Å²) >= 11 is 7.06. The van der Waals surface area contributed by atoms with Crippen molar-refractivity contribution < 1.29 is 59.0 Å². The molecule has 0 saturated carbocycles. The summed E-state index contributed by atoms with van der Waals surface area (Å²) in [6.45, 7) is 11.4. The number of aromatic nitrogens is 6. The van der Waals surface area contributed by atoms with Crippen molar-refractivity contribution in [3.63, 3.8) is 0 Å². The molecule has 4 saturated heterocycles. The predicted molar refractivity (Wildman–Crippen MR) is 457 cm³/mol. The van der Waals surface area contributed by atoms with Crippen LogP contribution in [0.2, 0.25) is 0 Å². The van der Waals surface area contributed by atoms with E-state index >= 15 is 0 Å². The highest BCUT2D eigenvalue weighted by Crippen LogP contribution is 2.51. The number of likely N-dealkylation sites (tertiary alicyclic amines) is 4. The standard InChI is InChI=1S/C23H25BrF2N2O2.2C20H20F2N6O.C15H17BrF2N2O.C5H4N4.4CH4/c1-15-11-17(24)12-19-21(15)22(29)28(13-16-3-5-18(30-2)6-4-16)23(19)7-9-27(10-8-23)14-20(25)26;2*1-12-6-14(26-18-13(8-23)9-24-11-25-18)7-15-17(12)19(29)27-20(15)2-4-28(5-3-20)10-16(21)22;1-9-6-10(16)7-11-13(9)14(21)19-15(11)2-4-20(5-3-15)8-12(17)18;6-1-4-2-8-3-9-5(4)7;;;;/h3-6,11-12,20H,7-10,13-14H2,1-2H3;2*6-7,9,11,16H,2-5,10H2,1H3,(H,27,29)(H,24,25,26);6-7,12H,2-5,8H2,1H3,(H,19,21);2-3H,(H2,7,8,9);4*1H4. The summed E-state index contributed by atoms with van der Waals surface area (Å²) in [4.78, 5) is 83.3. The number of nitrogens with one attached hydrogen (secondary N) is 5. The van der Waals surface area contributed by atoms with E-state index in [0.717, 1.165) is 75.9 Å². The Balaban J connectivity index is 0.000000194. The zero-order chi connectivity index (χ0) is 84.5. The number of benzene rings is 5. The van der Waals surface area contributed by atoms with Crippen molar-refractivity contribution in [1.29, 1.82) is 15.8 Å². The van der Waals surface area contributed by atoms with Gasteiger partial charge in [-0.15, -0.1) is 0 Å². The SMILES string of the molecule is C.C.C.C.COc1ccc(CN2C(=O)c3c(C)cc(Br)cc3C23CCN(CC(F)F)CC3)cc1.Cc1cc(Br)cc2c1C(=O)NC21CCN(CC(F)F)CC1.Cc1cc(Nc2ncncc2C#N)cc2c1C(=O)NC21CCN(CC(F)F)CC1.Cc1cc(Nc2ncncc2C#N)cc2c1C(=O)NC21CCN(CC(F)F)CC1.N#Cc1cncnc1N. The van der Waals surface area contributed by atoms with Crippen molar-refractivity contribution in [1.82, 2.24) is 70.4 Å². The quantitative estimate of drug-likeness (QED) is 0.0519. The summed E-state index contributed by atoms with van der Waals surface area (Å²) < 4.78 is 109. The van der Waals surface area contributed by atoms with E-state index in [1.54, 1.807) is 26.7 Å². The summed E-state index contributed by atoms with van der Waals surface area (Å²) in [5, 5.41) is 42.4. The lowest BCUT2D eigenvalue weighted by atomic mass is 9.80.